The molecule has 1 N–H and O–H groups in total. The van der Waals surface area contributed by atoms with Crippen LogP contribution in [0.2, 0.25) is 0 Å². The Hall–Kier alpha value is -1.06. The van der Waals surface area contributed by atoms with Gasteiger partial charge >= 0.3 is 0 Å². The lowest BCUT2D eigenvalue weighted by atomic mass is 10.0. The first-order valence-electron chi connectivity index (χ1n) is 7.62. The minimum atomic E-state index is -0.304. The van der Waals surface area contributed by atoms with E-state index in [2.05, 4.69) is 19.2 Å². The van der Waals surface area contributed by atoms with Crippen LogP contribution in [-0.4, -0.2) is 35.8 Å². The van der Waals surface area contributed by atoms with Gasteiger partial charge in [0.15, 0.2) is 0 Å². The number of carbonyl (C=O) groups excluding carboxylic acids is 2. The van der Waals surface area contributed by atoms with Crippen molar-refractivity contribution in [1.82, 2.24) is 10.2 Å². The Morgan fingerprint density at radius 2 is 1.89 bits per heavy atom. The molecular weight excluding hydrogens is 240 g/mol. The second kappa shape index (κ2) is 8.18. The lowest BCUT2D eigenvalue weighted by molar-refractivity contribution is -0.144. The molecule has 1 fully saturated rings. The number of hydrogen-bond acceptors (Lipinski definition) is 2. The summed E-state index contributed by atoms with van der Waals surface area (Å²) in [6.45, 7) is 7.38. The second-order valence-corrected chi connectivity index (χ2v) is 5.88. The number of rotatable bonds is 8. The second-order valence-electron chi connectivity index (χ2n) is 5.88. The molecule has 1 aliphatic rings. The number of nitrogens with one attached hydrogen (secondary N) is 1. The van der Waals surface area contributed by atoms with Crippen LogP contribution in [0.1, 0.15) is 59.3 Å². The number of nitrogens with zero attached hydrogens (tertiary/aromatic N) is 1. The summed E-state index contributed by atoms with van der Waals surface area (Å²) < 4.78 is 0. The maximum atomic E-state index is 12.0. The summed E-state index contributed by atoms with van der Waals surface area (Å²) in [6.07, 6.45) is 6.61. The third kappa shape index (κ3) is 5.62. The van der Waals surface area contributed by atoms with Crippen molar-refractivity contribution in [2.24, 2.45) is 5.92 Å². The van der Waals surface area contributed by atoms with Gasteiger partial charge in [0.2, 0.25) is 11.8 Å². The van der Waals surface area contributed by atoms with Crippen LogP contribution in [0, 0.1) is 5.92 Å². The molecular formula is C15H28N2O2. The average molecular weight is 268 g/mol. The highest BCUT2D eigenvalue weighted by Crippen LogP contribution is 2.11. The van der Waals surface area contributed by atoms with Crippen molar-refractivity contribution >= 4 is 11.8 Å². The molecule has 1 saturated heterocycles. The molecule has 0 spiro atoms. The fourth-order valence-corrected chi connectivity index (χ4v) is 2.45. The molecule has 110 valence electrons. The molecule has 0 saturated carbocycles. The van der Waals surface area contributed by atoms with Crippen LogP contribution >= 0.6 is 0 Å². The third-order valence-electron chi connectivity index (χ3n) is 3.65. The van der Waals surface area contributed by atoms with Crippen molar-refractivity contribution in [2.75, 3.05) is 13.1 Å². The molecule has 4 heteroatoms. The van der Waals surface area contributed by atoms with Gasteiger partial charge in [-0.3, -0.25) is 9.59 Å². The number of carbonyl (C=O) groups is 2. The van der Waals surface area contributed by atoms with Gasteiger partial charge in [0.05, 0.1) is 6.54 Å². The van der Waals surface area contributed by atoms with Gasteiger partial charge in [0, 0.05) is 6.54 Å². The molecule has 0 radical (unpaired) electrons. The summed E-state index contributed by atoms with van der Waals surface area (Å²) in [5.41, 5.74) is 0. The van der Waals surface area contributed by atoms with Crippen LogP contribution in [0.3, 0.4) is 0 Å². The molecule has 0 bridgehead atoms. The van der Waals surface area contributed by atoms with Gasteiger partial charge in [-0.25, -0.2) is 0 Å². The zero-order valence-corrected chi connectivity index (χ0v) is 12.6. The summed E-state index contributed by atoms with van der Waals surface area (Å²) in [5.74, 6) is 0.841. The highest BCUT2D eigenvalue weighted by molar-refractivity contribution is 5.94. The third-order valence-corrected chi connectivity index (χ3v) is 3.65. The van der Waals surface area contributed by atoms with E-state index in [0.29, 0.717) is 6.42 Å². The average Bonchev–Trinajstić information content (AvgIpc) is 2.36. The van der Waals surface area contributed by atoms with Crippen molar-refractivity contribution in [1.29, 1.82) is 0 Å². The van der Waals surface area contributed by atoms with Crippen molar-refractivity contribution in [3.63, 3.8) is 0 Å². The summed E-state index contributed by atoms with van der Waals surface area (Å²) >= 11 is 0. The molecule has 1 rings (SSSR count). The monoisotopic (exact) mass is 268 g/mol. The first kappa shape index (κ1) is 16.0. The maximum absolute atomic E-state index is 12.0. The number of amides is 2. The smallest absolute Gasteiger partial charge is 0.245 e. The summed E-state index contributed by atoms with van der Waals surface area (Å²) in [6, 6.07) is -0.304. The first-order valence-corrected chi connectivity index (χ1v) is 7.62. The zero-order valence-electron chi connectivity index (χ0n) is 12.6. The van der Waals surface area contributed by atoms with Crippen molar-refractivity contribution in [3.05, 3.63) is 0 Å². The SMILES string of the molecule is CCC1NC(=O)CN(CCCCCCC(C)C)C1=O. The van der Waals surface area contributed by atoms with E-state index in [1.54, 1.807) is 4.90 Å². The maximum Gasteiger partial charge on any atom is 0.245 e. The molecule has 1 aliphatic heterocycles. The Labute approximate surface area is 116 Å². The highest BCUT2D eigenvalue weighted by Gasteiger charge is 2.30. The Kier molecular flexibility index (Phi) is 6.89. The van der Waals surface area contributed by atoms with E-state index in [9.17, 15) is 9.59 Å². The fraction of sp³-hybridized carbons (Fsp3) is 0.867. The van der Waals surface area contributed by atoms with Gasteiger partial charge < -0.3 is 10.2 Å². The molecule has 0 aromatic rings. The minimum Gasteiger partial charge on any atom is -0.343 e. The number of hydrogen-bond donors (Lipinski definition) is 1. The molecule has 0 aromatic carbocycles. The van der Waals surface area contributed by atoms with E-state index in [4.69, 9.17) is 0 Å². The molecule has 0 aromatic heterocycles. The largest absolute Gasteiger partial charge is 0.343 e. The Morgan fingerprint density at radius 1 is 1.21 bits per heavy atom. The number of piperazine rings is 1. The molecule has 4 nitrogen and oxygen atoms in total. The van der Waals surface area contributed by atoms with E-state index in [1.807, 2.05) is 6.92 Å². The standard InChI is InChI=1S/C15H28N2O2/c1-4-13-15(19)17(11-14(18)16-13)10-8-6-5-7-9-12(2)3/h12-13H,4-11H2,1-3H3,(H,16,18). The van der Waals surface area contributed by atoms with Crippen LogP contribution in [0.25, 0.3) is 0 Å². The van der Waals surface area contributed by atoms with Gasteiger partial charge in [0.25, 0.3) is 0 Å². The molecule has 2 amide bonds. The topological polar surface area (TPSA) is 49.4 Å². The van der Waals surface area contributed by atoms with Gasteiger partial charge in [-0.15, -0.1) is 0 Å². The lowest BCUT2D eigenvalue weighted by Gasteiger charge is -2.32. The summed E-state index contributed by atoms with van der Waals surface area (Å²) in [5, 5.41) is 2.74. The molecule has 19 heavy (non-hydrogen) atoms. The quantitative estimate of drug-likeness (QED) is 0.687. The minimum absolute atomic E-state index is 0.0220. The van der Waals surface area contributed by atoms with Crippen molar-refractivity contribution in [2.45, 2.75) is 65.3 Å². The Balaban J connectivity index is 2.20. The van der Waals surface area contributed by atoms with E-state index < -0.39 is 0 Å². The van der Waals surface area contributed by atoms with Crippen LogP contribution in [0.5, 0.6) is 0 Å². The summed E-state index contributed by atoms with van der Waals surface area (Å²) in [4.78, 5) is 25.2. The van der Waals surface area contributed by atoms with Crippen molar-refractivity contribution in [3.8, 4) is 0 Å². The van der Waals surface area contributed by atoms with Crippen molar-refractivity contribution < 1.29 is 9.59 Å². The van der Waals surface area contributed by atoms with Crippen LogP contribution < -0.4 is 5.32 Å². The Bertz CT molecular complexity index is 303. The van der Waals surface area contributed by atoms with Gasteiger partial charge in [-0.2, -0.15) is 0 Å². The Morgan fingerprint density at radius 3 is 2.53 bits per heavy atom. The van der Waals surface area contributed by atoms with Gasteiger partial charge in [-0.1, -0.05) is 46.5 Å². The highest BCUT2D eigenvalue weighted by atomic mass is 16.2. The molecule has 1 atom stereocenters. The van der Waals surface area contributed by atoms with E-state index in [0.717, 1.165) is 25.3 Å². The fourth-order valence-electron chi connectivity index (χ4n) is 2.45. The molecule has 0 aliphatic carbocycles. The van der Waals surface area contributed by atoms with Gasteiger partial charge in [0.1, 0.15) is 6.04 Å². The number of unbranched alkanes of at least 4 members (excludes halogenated alkanes) is 3. The normalized spacial score (nSPS) is 20.0. The van der Waals surface area contributed by atoms with Crippen LogP contribution in [0.4, 0.5) is 0 Å². The van der Waals surface area contributed by atoms with Crippen LogP contribution in [0.15, 0.2) is 0 Å². The van der Waals surface area contributed by atoms with E-state index in [1.165, 1.54) is 19.3 Å². The van der Waals surface area contributed by atoms with E-state index >= 15 is 0 Å². The predicted molar refractivity (Wildman–Crippen MR) is 76.7 cm³/mol. The first-order chi connectivity index (χ1) is 9.04. The van der Waals surface area contributed by atoms with Crippen LogP contribution in [-0.2, 0) is 9.59 Å². The lowest BCUT2D eigenvalue weighted by Crippen LogP contribution is -2.57. The zero-order chi connectivity index (χ0) is 14.3. The molecule has 1 unspecified atom stereocenters. The van der Waals surface area contributed by atoms with Gasteiger partial charge in [-0.05, 0) is 18.8 Å². The predicted octanol–water partition coefficient (Wildman–Crippen LogP) is 2.33. The molecule has 1 heterocycles. The van der Waals surface area contributed by atoms with E-state index in [-0.39, 0.29) is 24.4 Å². The summed E-state index contributed by atoms with van der Waals surface area (Å²) in [7, 11) is 0.